The Bertz CT molecular complexity index is 975. The molecule has 0 radical (unpaired) electrons. The highest BCUT2D eigenvalue weighted by molar-refractivity contribution is 6.07. The highest BCUT2D eigenvalue weighted by atomic mass is 16.2. The fraction of sp³-hybridized carbons (Fsp3) is 0.292. The van der Waals surface area contributed by atoms with Crippen molar-refractivity contribution in [3.05, 3.63) is 78.4 Å². The zero-order valence-electron chi connectivity index (χ0n) is 16.4. The third kappa shape index (κ3) is 3.18. The quantitative estimate of drug-likeness (QED) is 0.597. The van der Waals surface area contributed by atoms with Gasteiger partial charge in [-0.25, -0.2) is 4.79 Å². The van der Waals surface area contributed by atoms with Gasteiger partial charge in [0.05, 0.1) is 11.8 Å². The predicted octanol–water partition coefficient (Wildman–Crippen LogP) is 3.18. The molecule has 0 spiro atoms. The van der Waals surface area contributed by atoms with Crippen molar-refractivity contribution < 1.29 is 14.4 Å². The number of fused-ring (bicyclic) bond motifs is 5. The first-order chi connectivity index (χ1) is 14.6. The number of urea groups is 1. The topological polar surface area (TPSA) is 78.5 Å². The Morgan fingerprint density at radius 1 is 0.900 bits per heavy atom. The van der Waals surface area contributed by atoms with Crippen molar-refractivity contribution in [1.29, 1.82) is 0 Å². The van der Waals surface area contributed by atoms with Crippen LogP contribution in [0.5, 0.6) is 0 Å². The predicted molar refractivity (Wildman–Crippen MR) is 112 cm³/mol. The minimum absolute atomic E-state index is 0.136. The van der Waals surface area contributed by atoms with Crippen LogP contribution in [0, 0.1) is 23.7 Å². The van der Waals surface area contributed by atoms with Crippen LogP contribution in [0.4, 0.5) is 10.5 Å². The van der Waals surface area contributed by atoms with Gasteiger partial charge in [0.25, 0.3) is 0 Å². The van der Waals surface area contributed by atoms with Crippen LogP contribution < -0.4 is 10.6 Å². The fourth-order valence-corrected chi connectivity index (χ4v) is 5.12. The van der Waals surface area contributed by atoms with E-state index >= 15 is 0 Å². The third-order valence-corrected chi connectivity index (χ3v) is 6.42. The molecule has 2 bridgehead atoms. The molecule has 5 rings (SSSR count). The largest absolute Gasteiger partial charge is 0.320 e. The van der Waals surface area contributed by atoms with Crippen LogP contribution in [0.2, 0.25) is 0 Å². The molecule has 2 aromatic carbocycles. The van der Waals surface area contributed by atoms with Crippen molar-refractivity contribution in [3.8, 4) is 0 Å². The summed E-state index contributed by atoms with van der Waals surface area (Å²) in [6, 6.07) is 18.2. The Hall–Kier alpha value is -3.41. The molecule has 2 fully saturated rings. The van der Waals surface area contributed by atoms with E-state index in [1.807, 2.05) is 48.5 Å². The lowest BCUT2D eigenvalue weighted by Gasteiger charge is -2.29. The van der Waals surface area contributed by atoms with Crippen molar-refractivity contribution in [1.82, 2.24) is 10.2 Å². The van der Waals surface area contributed by atoms with Crippen molar-refractivity contribution in [2.24, 2.45) is 23.7 Å². The van der Waals surface area contributed by atoms with E-state index < -0.39 is 12.2 Å². The van der Waals surface area contributed by atoms with E-state index in [-0.39, 0.29) is 35.5 Å². The molecule has 5 unspecified atom stereocenters. The minimum Gasteiger partial charge on any atom is -0.317 e. The fourth-order valence-electron chi connectivity index (χ4n) is 5.12. The van der Waals surface area contributed by atoms with Gasteiger partial charge in [-0.05, 0) is 36.0 Å². The molecule has 4 amide bonds. The molecule has 1 saturated heterocycles. The monoisotopic (exact) mass is 401 g/mol. The highest BCUT2D eigenvalue weighted by Crippen LogP contribution is 2.52. The second-order valence-corrected chi connectivity index (χ2v) is 8.22. The zero-order chi connectivity index (χ0) is 20.7. The van der Waals surface area contributed by atoms with Gasteiger partial charge in [-0.15, -0.1) is 0 Å². The summed E-state index contributed by atoms with van der Waals surface area (Å²) in [5.74, 6) is -0.631. The second-order valence-electron chi connectivity index (χ2n) is 8.22. The Morgan fingerprint density at radius 3 is 2.07 bits per heavy atom. The van der Waals surface area contributed by atoms with Crippen LogP contribution in [-0.4, -0.2) is 28.9 Å². The highest BCUT2D eigenvalue weighted by Gasteiger charge is 2.60. The van der Waals surface area contributed by atoms with E-state index in [9.17, 15) is 14.4 Å². The number of imide groups is 1. The van der Waals surface area contributed by atoms with Crippen molar-refractivity contribution in [3.63, 3.8) is 0 Å². The molecule has 3 aliphatic rings. The molecule has 1 aliphatic heterocycles. The SMILES string of the molecule is O=C(Nc1ccccc1)NC(Cc1ccccc1)N1C(=O)C2C3C=CC(C3)C2C1=O. The van der Waals surface area contributed by atoms with E-state index in [2.05, 4.69) is 22.8 Å². The first kappa shape index (κ1) is 18.6. The van der Waals surface area contributed by atoms with Gasteiger partial charge in [0.15, 0.2) is 0 Å². The van der Waals surface area contributed by atoms with Crippen molar-refractivity contribution in [2.75, 3.05) is 5.32 Å². The lowest BCUT2D eigenvalue weighted by Crippen LogP contribution is -2.53. The molecule has 1 heterocycles. The van der Waals surface area contributed by atoms with Gasteiger partial charge in [0.2, 0.25) is 11.8 Å². The zero-order valence-corrected chi connectivity index (χ0v) is 16.4. The van der Waals surface area contributed by atoms with Gasteiger partial charge >= 0.3 is 6.03 Å². The van der Waals surface area contributed by atoms with Crippen LogP contribution in [0.1, 0.15) is 12.0 Å². The van der Waals surface area contributed by atoms with Crippen LogP contribution >= 0.6 is 0 Å². The van der Waals surface area contributed by atoms with E-state index in [1.54, 1.807) is 12.1 Å². The maximum absolute atomic E-state index is 13.3. The van der Waals surface area contributed by atoms with Crippen LogP contribution in [0.3, 0.4) is 0 Å². The number of nitrogens with zero attached hydrogens (tertiary/aromatic N) is 1. The van der Waals surface area contributed by atoms with E-state index in [1.165, 1.54) is 4.90 Å². The molecular weight excluding hydrogens is 378 g/mol. The smallest absolute Gasteiger partial charge is 0.317 e. The van der Waals surface area contributed by atoms with Crippen molar-refractivity contribution >= 4 is 23.5 Å². The first-order valence-electron chi connectivity index (χ1n) is 10.3. The second kappa shape index (κ2) is 7.44. The lowest BCUT2D eigenvalue weighted by atomic mass is 9.85. The number of carbonyl (C=O) groups is 3. The number of likely N-dealkylation sites (tertiary alicyclic amines) is 1. The van der Waals surface area contributed by atoms with Crippen LogP contribution in [0.25, 0.3) is 0 Å². The van der Waals surface area contributed by atoms with Crippen LogP contribution in [0.15, 0.2) is 72.8 Å². The van der Waals surface area contributed by atoms with Gasteiger partial charge in [0, 0.05) is 12.1 Å². The number of hydrogen-bond donors (Lipinski definition) is 2. The average molecular weight is 401 g/mol. The third-order valence-electron chi connectivity index (χ3n) is 6.42. The Morgan fingerprint density at radius 2 is 1.47 bits per heavy atom. The summed E-state index contributed by atoms with van der Waals surface area (Å²) in [7, 11) is 0. The minimum atomic E-state index is -0.735. The molecule has 152 valence electrons. The number of amides is 4. The number of benzene rings is 2. The molecule has 30 heavy (non-hydrogen) atoms. The van der Waals surface area contributed by atoms with E-state index in [0.29, 0.717) is 12.1 Å². The summed E-state index contributed by atoms with van der Waals surface area (Å²) in [4.78, 5) is 40.5. The summed E-state index contributed by atoms with van der Waals surface area (Å²) in [6.07, 6.45) is 4.65. The molecule has 0 aromatic heterocycles. The first-order valence-corrected chi connectivity index (χ1v) is 10.3. The molecule has 6 heteroatoms. The summed E-state index contributed by atoms with van der Waals surface area (Å²) in [5.41, 5.74) is 1.59. The Labute approximate surface area is 175 Å². The average Bonchev–Trinajstić information content (AvgIpc) is 3.43. The number of hydrogen-bond acceptors (Lipinski definition) is 3. The summed E-state index contributed by atoms with van der Waals surface area (Å²) >= 11 is 0. The number of nitrogens with one attached hydrogen (secondary N) is 2. The number of anilines is 1. The maximum atomic E-state index is 13.3. The summed E-state index contributed by atoms with van der Waals surface area (Å²) < 4.78 is 0. The number of carbonyl (C=O) groups excluding carboxylic acids is 3. The Kier molecular flexibility index (Phi) is 4.62. The molecule has 6 nitrogen and oxygen atoms in total. The molecular formula is C24H23N3O3. The number of allylic oxidation sites excluding steroid dienone is 2. The van der Waals surface area contributed by atoms with Gasteiger partial charge < -0.3 is 10.6 Å². The standard InChI is InChI=1S/C24H23N3O3/c28-22-20-16-11-12-17(14-16)21(20)23(29)27(22)19(13-15-7-3-1-4-8-15)26-24(30)25-18-9-5-2-6-10-18/h1-12,16-17,19-21H,13-14H2,(H2,25,26,30). The normalized spacial score (nSPS) is 27.3. The summed E-state index contributed by atoms with van der Waals surface area (Å²) in [5, 5.41) is 5.65. The molecule has 2 aromatic rings. The van der Waals surface area contributed by atoms with Crippen LogP contribution in [-0.2, 0) is 16.0 Å². The van der Waals surface area contributed by atoms with Gasteiger partial charge in [-0.2, -0.15) is 0 Å². The molecule has 2 aliphatic carbocycles. The molecule has 2 N–H and O–H groups in total. The van der Waals surface area contributed by atoms with E-state index in [4.69, 9.17) is 0 Å². The van der Waals surface area contributed by atoms with Gasteiger partial charge in [-0.1, -0.05) is 60.7 Å². The van der Waals surface area contributed by atoms with Crippen molar-refractivity contribution in [2.45, 2.75) is 19.0 Å². The van der Waals surface area contributed by atoms with Gasteiger partial charge in [-0.3, -0.25) is 14.5 Å². The van der Waals surface area contributed by atoms with Gasteiger partial charge in [0.1, 0.15) is 6.17 Å². The lowest BCUT2D eigenvalue weighted by molar-refractivity contribution is -0.143. The molecule has 5 atom stereocenters. The number of para-hydroxylation sites is 1. The maximum Gasteiger partial charge on any atom is 0.320 e. The molecule has 1 saturated carbocycles. The Balaban J connectivity index is 1.39. The number of rotatable bonds is 5. The van der Waals surface area contributed by atoms with E-state index in [0.717, 1.165) is 12.0 Å². The summed E-state index contributed by atoms with van der Waals surface area (Å²) in [6.45, 7) is 0.